The summed E-state index contributed by atoms with van der Waals surface area (Å²) in [6.45, 7) is 16.5. The zero-order valence-electron chi connectivity index (χ0n) is 36.8. The minimum absolute atomic E-state index is 0.131. The maximum Gasteiger partial charge on any atom is 0.352 e. The molecule has 9 rings (SSSR count). The predicted molar refractivity (Wildman–Crippen MR) is 252 cm³/mol. The number of aromatic carboxylic acids is 1. The highest BCUT2D eigenvalue weighted by Gasteiger charge is 2.38. The highest BCUT2D eigenvalue weighted by Crippen LogP contribution is 2.46. The highest BCUT2D eigenvalue weighted by molar-refractivity contribution is 6.35. The lowest BCUT2D eigenvalue weighted by Crippen LogP contribution is -2.44. The first kappa shape index (κ1) is 42.5. The van der Waals surface area contributed by atoms with Gasteiger partial charge < -0.3 is 34.1 Å². The monoisotopic (exact) mass is 886 g/mol. The van der Waals surface area contributed by atoms with Crippen molar-refractivity contribution in [3.63, 3.8) is 0 Å². The first-order chi connectivity index (χ1) is 30.2. The van der Waals surface area contributed by atoms with Crippen LogP contribution in [0.15, 0.2) is 60.7 Å². The molecule has 0 bridgehead atoms. The Bertz CT molecular complexity index is 2950. The second kappa shape index (κ2) is 16.7. The number of halogens is 2. The molecule has 1 atom stereocenters. The summed E-state index contributed by atoms with van der Waals surface area (Å²) in [7, 11) is 1.93. The van der Waals surface area contributed by atoms with Gasteiger partial charge >= 0.3 is 5.97 Å². The van der Waals surface area contributed by atoms with Gasteiger partial charge in [0.15, 0.2) is 0 Å². The van der Waals surface area contributed by atoms with Crippen LogP contribution in [0.5, 0.6) is 5.75 Å². The number of anilines is 2. The molecule has 12 nitrogen and oxygen atoms in total. The second-order valence-electron chi connectivity index (χ2n) is 17.1. The van der Waals surface area contributed by atoms with Gasteiger partial charge in [0, 0.05) is 78.4 Å². The summed E-state index contributed by atoms with van der Waals surface area (Å²) in [6, 6.07) is 19.3. The van der Waals surface area contributed by atoms with Gasteiger partial charge in [-0.05, 0) is 125 Å². The molecule has 2 aliphatic rings. The molecule has 0 radical (unpaired) electrons. The maximum atomic E-state index is 15.6. The third kappa shape index (κ3) is 7.51. The number of carbonyl (C=O) groups excluding carboxylic acids is 1. The van der Waals surface area contributed by atoms with E-state index in [1.807, 2.05) is 110 Å². The van der Waals surface area contributed by atoms with E-state index < -0.39 is 5.97 Å². The molecule has 6 heterocycles. The van der Waals surface area contributed by atoms with E-state index in [9.17, 15) is 9.90 Å². The molecule has 7 aromatic rings. The number of hydrogen-bond acceptors (Lipinski definition) is 7. The van der Waals surface area contributed by atoms with Gasteiger partial charge in [-0.1, -0.05) is 35.3 Å². The number of nitrogens with one attached hydrogen (secondary N) is 1. The summed E-state index contributed by atoms with van der Waals surface area (Å²) in [4.78, 5) is 37.8. The molecule has 0 saturated carbocycles. The number of fused-ring (bicyclic) bond motifs is 4. The van der Waals surface area contributed by atoms with Crippen molar-refractivity contribution in [1.82, 2.24) is 29.2 Å². The van der Waals surface area contributed by atoms with Gasteiger partial charge in [-0.15, -0.1) is 0 Å². The van der Waals surface area contributed by atoms with E-state index in [1.165, 1.54) is 0 Å². The average molecular weight is 888 g/mol. The number of carboxylic acid groups (broad SMARTS) is 1. The fraction of sp³-hybridized carbons (Fsp3) is 0.347. The SMILES string of the molecule is Cc1cc(N2CC(C)n3c(c(CCCOc4cc(C)c(Cl)c(C)c4)c4ccc(Cl)c(-c5c(C)nn(C)c5C)c43)C2=O)c2c(c1)cc(C(=O)O)n2Cc1cccc(N2CCNCC2)n1. The second-order valence-corrected chi connectivity index (χ2v) is 17.9. The molecule has 1 saturated heterocycles. The van der Waals surface area contributed by atoms with E-state index in [4.69, 9.17) is 38.0 Å². The number of amides is 1. The van der Waals surface area contributed by atoms with Crippen molar-refractivity contribution in [2.45, 2.75) is 67.0 Å². The van der Waals surface area contributed by atoms with Crippen molar-refractivity contribution in [3.05, 3.63) is 121 Å². The first-order valence-electron chi connectivity index (χ1n) is 21.6. The Labute approximate surface area is 377 Å². The minimum Gasteiger partial charge on any atom is -0.494 e. The van der Waals surface area contributed by atoms with Crippen molar-refractivity contribution in [3.8, 4) is 16.9 Å². The molecular weight excluding hydrogens is 835 g/mol. The third-order valence-corrected chi connectivity index (χ3v) is 13.7. The Kier molecular flexibility index (Phi) is 11.3. The number of carboxylic acids is 1. The molecule has 63 heavy (non-hydrogen) atoms. The van der Waals surface area contributed by atoms with E-state index in [-0.39, 0.29) is 24.2 Å². The van der Waals surface area contributed by atoms with Crippen LogP contribution in [0.3, 0.4) is 0 Å². The number of carbonyl (C=O) groups is 2. The molecular formula is C49H52Cl2N8O4. The van der Waals surface area contributed by atoms with E-state index in [1.54, 1.807) is 6.07 Å². The lowest BCUT2D eigenvalue weighted by molar-refractivity contribution is 0.0686. The number of rotatable bonds is 11. The van der Waals surface area contributed by atoms with Gasteiger partial charge in [-0.2, -0.15) is 5.10 Å². The Morgan fingerprint density at radius 2 is 1.70 bits per heavy atom. The Balaban J connectivity index is 1.18. The molecule has 2 aliphatic heterocycles. The Morgan fingerprint density at radius 3 is 2.40 bits per heavy atom. The van der Waals surface area contributed by atoms with Crippen molar-refractivity contribution in [2.75, 3.05) is 49.1 Å². The number of aromatic nitrogens is 5. The summed E-state index contributed by atoms with van der Waals surface area (Å²) in [6.07, 6.45) is 1.19. The summed E-state index contributed by atoms with van der Waals surface area (Å²) in [5.74, 6) is 0.397. The van der Waals surface area contributed by atoms with Crippen LogP contribution in [0.1, 0.15) is 79.7 Å². The number of piperazine rings is 1. The zero-order chi connectivity index (χ0) is 44.4. The van der Waals surface area contributed by atoms with Crippen LogP contribution < -0.4 is 19.9 Å². The standard InChI is InChI=1S/C49H52Cl2N8O4/c1-27-20-33-24-40(49(61)62)57(26-34-10-8-12-41(53-34)56-17-15-52-16-18-56)45(33)39(21-27)58-25-30(4)59-46-37(13-14-38(50)43(46)42-31(5)54-55(7)32(42)6)36(47(59)48(58)60)11-9-19-63-35-22-28(2)44(51)29(3)23-35/h8,10,12-14,20-24,30,52H,9,11,15-19,25-26H2,1-7H3,(H,61,62). The van der Waals surface area contributed by atoms with Crippen molar-refractivity contribution in [2.24, 2.45) is 7.05 Å². The van der Waals surface area contributed by atoms with Crippen molar-refractivity contribution in [1.29, 1.82) is 0 Å². The van der Waals surface area contributed by atoms with Crippen molar-refractivity contribution < 1.29 is 19.4 Å². The quantitative estimate of drug-likeness (QED) is 0.123. The van der Waals surface area contributed by atoms with Crippen LogP contribution in [0.4, 0.5) is 11.5 Å². The summed E-state index contributed by atoms with van der Waals surface area (Å²) < 4.78 is 12.2. The fourth-order valence-corrected chi connectivity index (χ4v) is 10.2. The van der Waals surface area contributed by atoms with Crippen LogP contribution in [0.25, 0.3) is 32.9 Å². The minimum atomic E-state index is -1.05. The summed E-state index contributed by atoms with van der Waals surface area (Å²) in [5, 5.41) is 21.8. The van der Waals surface area contributed by atoms with E-state index in [0.29, 0.717) is 47.9 Å². The molecule has 1 fully saturated rings. The van der Waals surface area contributed by atoms with Gasteiger partial charge in [0.1, 0.15) is 23.0 Å². The largest absolute Gasteiger partial charge is 0.494 e. The lowest BCUT2D eigenvalue weighted by atomic mass is 9.98. The molecule has 326 valence electrons. The normalized spacial score (nSPS) is 15.5. The van der Waals surface area contributed by atoms with Crippen LogP contribution in [0.2, 0.25) is 10.0 Å². The Hall–Kier alpha value is -5.82. The fourth-order valence-electron chi connectivity index (χ4n) is 9.81. The molecule has 3 aromatic carbocycles. The Morgan fingerprint density at radius 1 is 0.952 bits per heavy atom. The van der Waals surface area contributed by atoms with Gasteiger partial charge in [0.25, 0.3) is 5.91 Å². The van der Waals surface area contributed by atoms with Crippen LogP contribution in [0, 0.1) is 34.6 Å². The molecule has 1 unspecified atom stereocenters. The molecule has 0 aliphatic carbocycles. The van der Waals surface area contributed by atoms with Crippen LogP contribution in [-0.4, -0.2) is 80.2 Å². The van der Waals surface area contributed by atoms with E-state index in [2.05, 4.69) is 21.7 Å². The first-order valence-corrected chi connectivity index (χ1v) is 22.3. The lowest BCUT2D eigenvalue weighted by Gasteiger charge is -2.35. The smallest absolute Gasteiger partial charge is 0.352 e. The van der Waals surface area contributed by atoms with Gasteiger partial charge in [0.2, 0.25) is 0 Å². The molecule has 0 spiro atoms. The van der Waals surface area contributed by atoms with Crippen LogP contribution in [-0.2, 0) is 20.0 Å². The van der Waals surface area contributed by atoms with Crippen molar-refractivity contribution >= 4 is 68.4 Å². The maximum absolute atomic E-state index is 15.6. The number of hydrogen-bond donors (Lipinski definition) is 2. The van der Waals surface area contributed by atoms with Crippen LogP contribution >= 0.6 is 23.2 Å². The molecule has 4 aromatic heterocycles. The van der Waals surface area contributed by atoms with Gasteiger partial charge in [0.05, 0.1) is 46.3 Å². The zero-order valence-corrected chi connectivity index (χ0v) is 38.3. The number of aryl methyl sites for hydroxylation is 6. The molecule has 1 amide bonds. The van der Waals surface area contributed by atoms with Gasteiger partial charge in [-0.3, -0.25) is 9.48 Å². The number of ether oxygens (including phenoxy) is 1. The summed E-state index contributed by atoms with van der Waals surface area (Å²) in [5.41, 5.74) is 11.0. The number of pyridine rings is 1. The molecule has 2 N–H and O–H groups in total. The molecule has 14 heteroatoms. The van der Waals surface area contributed by atoms with Gasteiger partial charge in [-0.25, -0.2) is 9.78 Å². The topological polar surface area (TPSA) is 123 Å². The summed E-state index contributed by atoms with van der Waals surface area (Å²) >= 11 is 13.7. The van der Waals surface area contributed by atoms with E-state index >= 15 is 4.79 Å². The number of nitrogens with zero attached hydrogens (tertiary/aromatic N) is 7. The predicted octanol–water partition coefficient (Wildman–Crippen LogP) is 9.63. The number of benzene rings is 3. The van der Waals surface area contributed by atoms with E-state index in [0.717, 1.165) is 110 Å². The third-order valence-electron chi connectivity index (χ3n) is 12.7. The highest BCUT2D eigenvalue weighted by atomic mass is 35.5. The average Bonchev–Trinajstić information content (AvgIpc) is 3.88.